The molecule has 0 radical (unpaired) electrons. The van der Waals surface area contributed by atoms with Crippen LogP contribution in [0, 0.1) is 0 Å². The van der Waals surface area contributed by atoms with Gasteiger partial charge in [0.15, 0.2) is 0 Å². The number of hydrogen-bond donors (Lipinski definition) is 0. The molecule has 7 nitrogen and oxygen atoms in total. The van der Waals surface area contributed by atoms with E-state index in [2.05, 4.69) is 18.9 Å². The van der Waals surface area contributed by atoms with E-state index in [0.717, 1.165) is 19.3 Å². The average Bonchev–Trinajstić information content (AvgIpc) is 2.70. The van der Waals surface area contributed by atoms with Crippen LogP contribution in [-0.2, 0) is 28.6 Å². The van der Waals surface area contributed by atoms with Gasteiger partial charge in [-0.15, -0.1) is 0 Å². The standard InChI is InChI=1S/C22H38O7S2.Na.H/c1-2-3-4-5-6-7-8-9-10-11-12-13-14-18-21-27-30(23,24)29-31(25,26)28-22-19-16-15-17-20-22;;/h15-17,19-20H,2-14,18,21H2,1H3;;/q;+1;-1. The summed E-state index contributed by atoms with van der Waals surface area (Å²) in [6, 6.07) is 7.49. The predicted molar refractivity (Wildman–Crippen MR) is 123 cm³/mol. The monoisotopic (exact) mass is 502 g/mol. The average molecular weight is 503 g/mol. The zero-order chi connectivity index (χ0) is 22.8. The molecule has 0 saturated carbocycles. The van der Waals surface area contributed by atoms with Gasteiger partial charge in [-0.3, -0.25) is 0 Å². The molecule has 0 aliphatic carbocycles. The molecule has 1 rings (SSSR count). The van der Waals surface area contributed by atoms with E-state index in [9.17, 15) is 16.8 Å². The first-order valence-corrected chi connectivity index (χ1v) is 14.1. The molecule has 0 aliphatic rings. The van der Waals surface area contributed by atoms with Crippen molar-refractivity contribution >= 4 is 20.8 Å². The van der Waals surface area contributed by atoms with E-state index < -0.39 is 20.8 Å². The van der Waals surface area contributed by atoms with Gasteiger partial charge in [-0.25, -0.2) is 4.18 Å². The van der Waals surface area contributed by atoms with Crippen LogP contribution in [-0.4, -0.2) is 23.4 Å². The van der Waals surface area contributed by atoms with Gasteiger partial charge in [0.1, 0.15) is 5.75 Å². The second-order valence-electron chi connectivity index (χ2n) is 7.70. The Balaban J connectivity index is 0. The third-order valence-corrected chi connectivity index (χ3v) is 7.02. The van der Waals surface area contributed by atoms with Crippen molar-refractivity contribution in [3.8, 4) is 5.75 Å². The van der Waals surface area contributed by atoms with Crippen molar-refractivity contribution in [1.82, 2.24) is 0 Å². The summed E-state index contributed by atoms with van der Waals surface area (Å²) in [6.45, 7) is 2.11. The SMILES string of the molecule is CCCCCCCCCCCCCCCCOS(=O)(=O)OS(=O)(=O)Oc1ccccc1.[H-].[Na+]. The second-order valence-corrected chi connectivity index (χ2v) is 10.3. The van der Waals surface area contributed by atoms with Crippen LogP contribution in [0.3, 0.4) is 0 Å². The van der Waals surface area contributed by atoms with E-state index in [4.69, 9.17) is 0 Å². The van der Waals surface area contributed by atoms with E-state index in [-0.39, 0.29) is 43.3 Å². The summed E-state index contributed by atoms with van der Waals surface area (Å²) >= 11 is 0. The van der Waals surface area contributed by atoms with Crippen LogP contribution in [0.15, 0.2) is 30.3 Å². The van der Waals surface area contributed by atoms with Gasteiger partial charge in [0, 0.05) is 0 Å². The largest absolute Gasteiger partial charge is 1.00 e. The molecule has 1 aromatic carbocycles. The molecular formula is C22H39NaO7S2. The Bertz CT molecular complexity index is 775. The molecule has 0 atom stereocenters. The van der Waals surface area contributed by atoms with Crippen LogP contribution in [0.25, 0.3) is 0 Å². The number of hydrogen-bond acceptors (Lipinski definition) is 7. The van der Waals surface area contributed by atoms with Crippen LogP contribution >= 0.6 is 0 Å². The van der Waals surface area contributed by atoms with Crippen molar-refractivity contribution in [2.45, 2.75) is 96.8 Å². The Hall–Kier alpha value is -0.160. The van der Waals surface area contributed by atoms with Crippen molar-refractivity contribution in [1.29, 1.82) is 0 Å². The maximum atomic E-state index is 11.7. The minimum absolute atomic E-state index is 0. The third kappa shape index (κ3) is 18.3. The molecule has 0 heterocycles. The van der Waals surface area contributed by atoms with E-state index in [1.165, 1.54) is 76.3 Å². The van der Waals surface area contributed by atoms with Gasteiger partial charge in [-0.2, -0.15) is 16.8 Å². The normalized spacial score (nSPS) is 11.8. The molecule has 0 aromatic heterocycles. The molecule has 0 spiro atoms. The topological polar surface area (TPSA) is 96.0 Å². The van der Waals surface area contributed by atoms with Gasteiger partial charge in [0.2, 0.25) is 0 Å². The fraction of sp³-hybridized carbons (Fsp3) is 0.727. The van der Waals surface area contributed by atoms with Gasteiger partial charge in [0.25, 0.3) is 0 Å². The fourth-order valence-electron chi connectivity index (χ4n) is 3.19. The smallest absolute Gasteiger partial charge is 1.00 e. The maximum Gasteiger partial charge on any atom is 1.00 e. The van der Waals surface area contributed by atoms with E-state index >= 15 is 0 Å². The van der Waals surface area contributed by atoms with Crippen LogP contribution in [0.1, 0.15) is 98.2 Å². The van der Waals surface area contributed by atoms with E-state index in [0.29, 0.717) is 6.42 Å². The zero-order valence-electron chi connectivity index (χ0n) is 20.7. The van der Waals surface area contributed by atoms with Crippen LogP contribution in [0.4, 0.5) is 0 Å². The summed E-state index contributed by atoms with van der Waals surface area (Å²) in [5.41, 5.74) is 0. The molecule has 0 fully saturated rings. The maximum absolute atomic E-state index is 11.7. The minimum Gasteiger partial charge on any atom is -1.00 e. The summed E-state index contributed by atoms with van der Waals surface area (Å²) in [7, 11) is -9.47. The number of benzene rings is 1. The summed E-state index contributed by atoms with van der Waals surface area (Å²) in [6.07, 6.45) is 16.5. The fourth-order valence-corrected chi connectivity index (χ4v) is 4.94. The van der Waals surface area contributed by atoms with Gasteiger partial charge in [-0.1, -0.05) is 112 Å². The molecule has 0 bridgehead atoms. The molecule has 32 heavy (non-hydrogen) atoms. The predicted octanol–water partition coefficient (Wildman–Crippen LogP) is 3.19. The summed E-state index contributed by atoms with van der Waals surface area (Å²) in [5.74, 6) is -0.0512. The summed E-state index contributed by atoms with van der Waals surface area (Å²) in [4.78, 5) is 0. The molecule has 182 valence electrons. The van der Waals surface area contributed by atoms with Crippen molar-refractivity contribution in [3.63, 3.8) is 0 Å². The molecule has 0 saturated heterocycles. The zero-order valence-corrected chi connectivity index (χ0v) is 23.3. The van der Waals surface area contributed by atoms with Gasteiger partial charge in [-0.05, 0) is 18.6 Å². The molecule has 0 aliphatic heterocycles. The molecular weight excluding hydrogens is 463 g/mol. The first kappa shape index (κ1) is 31.8. The van der Waals surface area contributed by atoms with E-state index in [1.54, 1.807) is 18.2 Å². The minimum atomic E-state index is -4.78. The van der Waals surface area contributed by atoms with Crippen LogP contribution in [0.2, 0.25) is 0 Å². The second kappa shape index (κ2) is 19.2. The Morgan fingerprint density at radius 3 is 1.56 bits per heavy atom. The van der Waals surface area contributed by atoms with Gasteiger partial charge in [0.05, 0.1) is 6.61 Å². The summed E-state index contributed by atoms with van der Waals surface area (Å²) < 4.78 is 59.9. The summed E-state index contributed by atoms with van der Waals surface area (Å²) in [5, 5.41) is 0. The third-order valence-electron chi connectivity index (χ3n) is 4.83. The van der Waals surface area contributed by atoms with Gasteiger partial charge < -0.3 is 5.61 Å². The quantitative estimate of drug-likeness (QED) is 0.200. The van der Waals surface area contributed by atoms with Crippen molar-refractivity contribution in [2.24, 2.45) is 0 Å². The van der Waals surface area contributed by atoms with Crippen LogP contribution in [0.5, 0.6) is 5.75 Å². The first-order valence-electron chi connectivity index (χ1n) is 11.4. The Labute approximate surface area is 219 Å². The number of rotatable bonds is 20. The number of unbranched alkanes of at least 4 members (excludes halogenated alkanes) is 13. The van der Waals surface area contributed by atoms with Crippen LogP contribution < -0.4 is 33.7 Å². The molecule has 10 heteroatoms. The van der Waals surface area contributed by atoms with Crippen molar-refractivity contribution in [3.05, 3.63) is 30.3 Å². The molecule has 1 aromatic rings. The van der Waals surface area contributed by atoms with E-state index in [1.807, 2.05) is 0 Å². The number of para-hydroxylation sites is 1. The molecule has 0 N–H and O–H groups in total. The Kier molecular flexibility index (Phi) is 19.1. The Morgan fingerprint density at radius 2 is 1.09 bits per heavy atom. The molecule has 0 amide bonds. The van der Waals surface area contributed by atoms with Crippen molar-refractivity contribution in [2.75, 3.05) is 6.61 Å². The van der Waals surface area contributed by atoms with Crippen molar-refractivity contribution < 1.29 is 59.8 Å². The van der Waals surface area contributed by atoms with Gasteiger partial charge >= 0.3 is 50.4 Å². The molecule has 0 unspecified atom stereocenters. The first-order chi connectivity index (χ1) is 14.8. The Morgan fingerprint density at radius 1 is 0.656 bits per heavy atom.